The van der Waals surface area contributed by atoms with Crippen molar-refractivity contribution in [2.24, 2.45) is 0 Å². The van der Waals surface area contributed by atoms with Gasteiger partial charge in [-0.2, -0.15) is 25.3 Å². The molecule has 0 unspecified atom stereocenters. The lowest BCUT2D eigenvalue weighted by Gasteiger charge is -2.25. The third kappa shape index (κ3) is 5.46. The van der Waals surface area contributed by atoms with Crippen LogP contribution in [-0.2, 0) is 0 Å². The minimum absolute atomic E-state index is 0.0719. The number of carbonyl (C=O) groups is 2. The predicted molar refractivity (Wildman–Crippen MR) is 172 cm³/mol. The average molecular weight is 625 g/mol. The highest BCUT2D eigenvalue weighted by molar-refractivity contribution is 7.81. The molecule has 228 valence electrons. The molecule has 0 aromatic heterocycles. The Labute approximate surface area is 262 Å². The molecule has 2 aromatic rings. The Kier molecular flexibility index (Phi) is 8.08. The maximum atomic E-state index is 13.3. The summed E-state index contributed by atoms with van der Waals surface area (Å²) in [7, 11) is 3.10. The molecular formula is C31H36N4O6S2. The minimum Gasteiger partial charge on any atom is -0.493 e. The van der Waals surface area contributed by atoms with Crippen molar-refractivity contribution in [3.63, 3.8) is 0 Å². The lowest BCUT2D eigenvalue weighted by molar-refractivity contribution is 0.0740. The summed E-state index contributed by atoms with van der Waals surface area (Å²) in [5.74, 6) is 1.80. The number of benzene rings is 2. The molecule has 0 saturated carbocycles. The van der Waals surface area contributed by atoms with Gasteiger partial charge in [-0.15, -0.1) is 0 Å². The SMILES string of the molecule is C=C1C[C@H]2[C@H](S)Nc3cc(OCCCOc4cc5c(cc4OC)C(=O)N4CC(=C)C[C@H]4[C@H](S)N5)c(OC)cc3C(=O)N2C1. The summed E-state index contributed by atoms with van der Waals surface area (Å²) in [6, 6.07) is 6.87. The Hall–Kier alpha value is -3.64. The van der Waals surface area contributed by atoms with Gasteiger partial charge in [0.2, 0.25) is 0 Å². The van der Waals surface area contributed by atoms with Gasteiger partial charge in [0.05, 0.1) is 72.8 Å². The standard InChI is InChI=1S/C31H36N4O6S2/c1-16-8-22-28(42)32-20-12-26(24(38-3)10-18(20)30(36)34(22)14-16)40-6-5-7-41-27-13-21-19(11-25(27)39-4)31(37)35-15-17(2)9-23(35)29(43)33-21/h10-13,22-23,28-29,32-33,42-43H,1-2,5-9,14-15H2,3-4H3/t22-,23-,28-,29-/m0/s1. The summed E-state index contributed by atoms with van der Waals surface area (Å²) >= 11 is 9.46. The van der Waals surface area contributed by atoms with Crippen molar-refractivity contribution in [3.05, 3.63) is 59.7 Å². The first-order valence-corrected chi connectivity index (χ1v) is 15.3. The van der Waals surface area contributed by atoms with E-state index in [1.165, 1.54) is 0 Å². The van der Waals surface area contributed by atoms with Crippen LogP contribution in [0.25, 0.3) is 0 Å². The highest BCUT2D eigenvalue weighted by atomic mass is 32.1. The molecule has 2 saturated heterocycles. The molecule has 0 bridgehead atoms. The third-order valence-corrected chi connectivity index (χ3v) is 9.26. The van der Waals surface area contributed by atoms with Crippen molar-refractivity contribution in [1.29, 1.82) is 0 Å². The van der Waals surface area contributed by atoms with Crippen LogP contribution in [0.5, 0.6) is 23.0 Å². The fourth-order valence-electron chi connectivity index (χ4n) is 6.17. The van der Waals surface area contributed by atoms with Gasteiger partial charge in [-0.1, -0.05) is 24.3 Å². The van der Waals surface area contributed by atoms with Gasteiger partial charge in [0.25, 0.3) is 11.8 Å². The average Bonchev–Trinajstić information content (AvgIpc) is 3.54. The molecule has 4 heterocycles. The molecular weight excluding hydrogens is 588 g/mol. The summed E-state index contributed by atoms with van der Waals surface area (Å²) < 4.78 is 23.3. The summed E-state index contributed by atoms with van der Waals surface area (Å²) in [6.07, 6.45) is 1.99. The Morgan fingerprint density at radius 1 is 0.744 bits per heavy atom. The van der Waals surface area contributed by atoms with Gasteiger partial charge in [-0.3, -0.25) is 9.59 Å². The van der Waals surface area contributed by atoms with Crippen molar-refractivity contribution < 1.29 is 28.5 Å². The van der Waals surface area contributed by atoms with E-state index in [-0.39, 0.29) is 34.6 Å². The van der Waals surface area contributed by atoms with E-state index in [0.717, 1.165) is 11.1 Å². The molecule has 2 fully saturated rings. The highest BCUT2D eigenvalue weighted by Crippen LogP contribution is 2.41. The second-order valence-electron chi connectivity index (χ2n) is 11.2. The van der Waals surface area contributed by atoms with Crippen LogP contribution in [0.3, 0.4) is 0 Å². The first kappa shape index (κ1) is 29.4. The zero-order valence-electron chi connectivity index (χ0n) is 24.2. The van der Waals surface area contributed by atoms with E-state index in [1.807, 2.05) is 9.80 Å². The van der Waals surface area contributed by atoms with Crippen molar-refractivity contribution in [3.8, 4) is 23.0 Å². The second-order valence-corrected chi connectivity index (χ2v) is 12.3. The van der Waals surface area contributed by atoms with Crippen molar-refractivity contribution >= 4 is 48.4 Å². The molecule has 2 aromatic carbocycles. The number of methoxy groups -OCH3 is 2. The maximum Gasteiger partial charge on any atom is 0.256 e. The monoisotopic (exact) mass is 624 g/mol. The Bertz CT molecular complexity index is 1390. The van der Waals surface area contributed by atoms with E-state index < -0.39 is 0 Å². The van der Waals surface area contributed by atoms with E-state index >= 15 is 0 Å². The molecule has 0 spiro atoms. The Balaban J connectivity index is 1.11. The highest BCUT2D eigenvalue weighted by Gasteiger charge is 2.41. The molecule has 0 aliphatic carbocycles. The van der Waals surface area contributed by atoms with Gasteiger partial charge in [-0.25, -0.2) is 0 Å². The predicted octanol–water partition coefficient (Wildman–Crippen LogP) is 4.46. The molecule has 12 heteroatoms. The van der Waals surface area contributed by atoms with Gasteiger partial charge >= 0.3 is 0 Å². The summed E-state index contributed by atoms with van der Waals surface area (Å²) in [5, 5.41) is 6.25. The Morgan fingerprint density at radius 3 is 1.56 bits per heavy atom. The quantitative estimate of drug-likeness (QED) is 0.194. The summed E-state index contributed by atoms with van der Waals surface area (Å²) in [6.45, 7) is 9.84. The fourth-order valence-corrected chi connectivity index (χ4v) is 6.98. The van der Waals surface area contributed by atoms with Crippen LogP contribution in [-0.4, -0.2) is 85.0 Å². The van der Waals surface area contributed by atoms with Gasteiger partial charge in [0.1, 0.15) is 0 Å². The second kappa shape index (κ2) is 11.8. The normalized spacial score (nSPS) is 24.2. The fraction of sp³-hybridized carbons (Fsp3) is 0.419. The van der Waals surface area contributed by atoms with Gasteiger partial charge in [0.15, 0.2) is 23.0 Å². The number of ether oxygens (including phenoxy) is 4. The number of fused-ring (bicyclic) bond motifs is 4. The number of amides is 2. The number of thiol groups is 2. The molecule has 2 amide bonds. The maximum absolute atomic E-state index is 13.3. The Morgan fingerprint density at radius 2 is 1.16 bits per heavy atom. The van der Waals surface area contributed by atoms with Crippen LogP contribution < -0.4 is 29.6 Å². The number of hydrogen-bond acceptors (Lipinski definition) is 10. The van der Waals surface area contributed by atoms with Crippen LogP contribution in [0.4, 0.5) is 11.4 Å². The van der Waals surface area contributed by atoms with Crippen molar-refractivity contribution in [1.82, 2.24) is 9.80 Å². The molecule has 2 N–H and O–H groups in total. The third-order valence-electron chi connectivity index (χ3n) is 8.31. The number of carbonyl (C=O) groups excluding carboxylic acids is 2. The largest absolute Gasteiger partial charge is 0.493 e. The smallest absolute Gasteiger partial charge is 0.256 e. The van der Waals surface area contributed by atoms with E-state index in [1.54, 1.807) is 38.5 Å². The van der Waals surface area contributed by atoms with Crippen molar-refractivity contribution in [2.75, 3.05) is 51.2 Å². The zero-order valence-corrected chi connectivity index (χ0v) is 26.0. The van der Waals surface area contributed by atoms with Gasteiger partial charge in [0, 0.05) is 31.6 Å². The molecule has 4 aliphatic rings. The molecule has 4 atom stereocenters. The van der Waals surface area contributed by atoms with Crippen LogP contribution in [0, 0.1) is 0 Å². The molecule has 6 rings (SSSR count). The van der Waals surface area contributed by atoms with Gasteiger partial charge < -0.3 is 39.4 Å². The lowest BCUT2D eigenvalue weighted by Crippen LogP contribution is -2.40. The molecule has 43 heavy (non-hydrogen) atoms. The van der Waals surface area contributed by atoms with Crippen LogP contribution in [0.2, 0.25) is 0 Å². The number of nitrogens with one attached hydrogen (secondary N) is 2. The zero-order chi connectivity index (χ0) is 30.4. The molecule has 0 radical (unpaired) electrons. The summed E-state index contributed by atoms with van der Waals surface area (Å²) in [4.78, 5) is 30.3. The van der Waals surface area contributed by atoms with Crippen LogP contribution in [0.15, 0.2) is 48.6 Å². The first-order valence-electron chi connectivity index (χ1n) is 14.2. The van der Waals surface area contributed by atoms with E-state index in [4.69, 9.17) is 44.2 Å². The lowest BCUT2D eigenvalue weighted by atomic mass is 10.1. The van der Waals surface area contributed by atoms with E-state index in [9.17, 15) is 9.59 Å². The number of nitrogens with zero attached hydrogens (tertiary/aromatic N) is 2. The van der Waals surface area contributed by atoms with Crippen LogP contribution in [0.1, 0.15) is 40.0 Å². The summed E-state index contributed by atoms with van der Waals surface area (Å²) in [5.41, 5.74) is 4.37. The minimum atomic E-state index is -0.242. The number of rotatable bonds is 8. The topological polar surface area (TPSA) is 102 Å². The van der Waals surface area contributed by atoms with E-state index in [0.29, 0.717) is 91.1 Å². The first-order chi connectivity index (χ1) is 20.7. The van der Waals surface area contributed by atoms with Crippen LogP contribution >= 0.6 is 25.3 Å². The van der Waals surface area contributed by atoms with Gasteiger partial charge in [-0.05, 0) is 25.0 Å². The molecule has 10 nitrogen and oxygen atoms in total. The number of anilines is 2. The number of hydrogen-bond donors (Lipinski definition) is 4. The van der Waals surface area contributed by atoms with E-state index in [2.05, 4.69) is 23.8 Å². The molecule has 4 aliphatic heterocycles. The van der Waals surface area contributed by atoms with Crippen molar-refractivity contribution in [2.45, 2.75) is 42.1 Å².